The summed E-state index contributed by atoms with van der Waals surface area (Å²) >= 11 is 0. The van der Waals surface area contributed by atoms with Crippen LogP contribution in [0.1, 0.15) is 18.8 Å². The maximum absolute atomic E-state index is 13.0. The second-order valence-electron chi connectivity index (χ2n) is 6.31. The number of carbonyl (C=O) groups is 2. The van der Waals surface area contributed by atoms with Gasteiger partial charge in [0.1, 0.15) is 5.82 Å². The largest absolute Gasteiger partial charge is 0.481 e. The number of alkyl halides is 3. The standard InChI is InChI=1S/C16H17F3N4O3/c1-8(13-21-11-4-2-3-5-12(11)22-13)20-15(26)23-6-9(14(24)25)10(7-23)16(17,18)19/h2-5,8-10H,6-7H2,1H3,(H,20,26)(H,21,22)(H,24,25)/t8?,9-,10-/m1/s1. The molecule has 1 saturated heterocycles. The van der Waals surface area contributed by atoms with Crippen LogP contribution >= 0.6 is 0 Å². The molecule has 1 fully saturated rings. The van der Waals surface area contributed by atoms with Crippen molar-refractivity contribution in [2.75, 3.05) is 13.1 Å². The van der Waals surface area contributed by atoms with Crippen molar-refractivity contribution >= 4 is 23.0 Å². The summed E-state index contributed by atoms with van der Waals surface area (Å²) < 4.78 is 39.1. The Kier molecular flexibility index (Phi) is 4.51. The van der Waals surface area contributed by atoms with Crippen molar-refractivity contribution in [2.24, 2.45) is 11.8 Å². The molecule has 1 aromatic carbocycles. The number of amides is 2. The summed E-state index contributed by atoms with van der Waals surface area (Å²) in [5.74, 6) is -4.84. The lowest BCUT2D eigenvalue weighted by Crippen LogP contribution is -2.40. The van der Waals surface area contributed by atoms with Gasteiger partial charge in [0.2, 0.25) is 0 Å². The van der Waals surface area contributed by atoms with Crippen molar-refractivity contribution in [2.45, 2.75) is 19.1 Å². The van der Waals surface area contributed by atoms with Crippen LogP contribution in [0.3, 0.4) is 0 Å². The number of imidazole rings is 1. The molecule has 0 radical (unpaired) electrons. The fraction of sp³-hybridized carbons (Fsp3) is 0.438. The molecular formula is C16H17F3N4O3. The Balaban J connectivity index is 1.70. The highest BCUT2D eigenvalue weighted by Gasteiger charge is 2.53. The number of nitrogens with zero attached hydrogens (tertiary/aromatic N) is 2. The third-order valence-corrected chi connectivity index (χ3v) is 4.50. The zero-order valence-corrected chi connectivity index (χ0v) is 13.7. The number of benzene rings is 1. The number of carbonyl (C=O) groups excluding carboxylic acids is 1. The lowest BCUT2D eigenvalue weighted by atomic mass is 9.96. The van der Waals surface area contributed by atoms with Crippen LogP contribution in [0, 0.1) is 11.8 Å². The summed E-state index contributed by atoms with van der Waals surface area (Å²) in [4.78, 5) is 31.6. The van der Waals surface area contributed by atoms with Crippen LogP contribution in [0.2, 0.25) is 0 Å². The molecule has 3 atom stereocenters. The van der Waals surface area contributed by atoms with E-state index >= 15 is 0 Å². The molecule has 0 aliphatic carbocycles. The highest BCUT2D eigenvalue weighted by molar-refractivity contribution is 5.78. The van der Waals surface area contributed by atoms with Crippen LogP contribution < -0.4 is 5.32 Å². The number of para-hydroxylation sites is 2. The number of carboxylic acids is 1. The van der Waals surface area contributed by atoms with Gasteiger partial charge < -0.3 is 20.3 Å². The van der Waals surface area contributed by atoms with Crippen molar-refractivity contribution in [1.29, 1.82) is 0 Å². The molecule has 3 rings (SSSR count). The third kappa shape index (κ3) is 3.44. The number of urea groups is 1. The number of aromatic nitrogens is 2. The van der Waals surface area contributed by atoms with Gasteiger partial charge in [-0.05, 0) is 19.1 Å². The van der Waals surface area contributed by atoms with E-state index in [4.69, 9.17) is 5.11 Å². The zero-order valence-electron chi connectivity index (χ0n) is 13.7. The molecule has 2 amide bonds. The van der Waals surface area contributed by atoms with Crippen molar-refractivity contribution in [3.05, 3.63) is 30.1 Å². The maximum atomic E-state index is 13.0. The molecule has 0 spiro atoms. The highest BCUT2D eigenvalue weighted by atomic mass is 19.4. The summed E-state index contributed by atoms with van der Waals surface area (Å²) in [5.41, 5.74) is 1.47. The molecule has 1 unspecified atom stereocenters. The van der Waals surface area contributed by atoms with E-state index in [0.717, 1.165) is 10.4 Å². The number of carboxylic acid groups (broad SMARTS) is 1. The summed E-state index contributed by atoms with van der Waals surface area (Å²) in [6, 6.07) is 5.89. The molecule has 0 saturated carbocycles. The number of nitrogens with one attached hydrogen (secondary N) is 2. The minimum absolute atomic E-state index is 0.459. The Hall–Kier alpha value is -2.78. The van der Waals surface area contributed by atoms with Crippen LogP contribution in [0.25, 0.3) is 11.0 Å². The van der Waals surface area contributed by atoms with Gasteiger partial charge in [-0.15, -0.1) is 0 Å². The molecule has 1 aromatic heterocycles. The quantitative estimate of drug-likeness (QED) is 0.773. The first-order chi connectivity index (χ1) is 12.2. The van der Waals surface area contributed by atoms with E-state index in [9.17, 15) is 22.8 Å². The number of likely N-dealkylation sites (tertiary alicyclic amines) is 1. The number of fused-ring (bicyclic) bond motifs is 1. The Morgan fingerprint density at radius 3 is 2.62 bits per heavy atom. The van der Waals surface area contributed by atoms with Crippen molar-refractivity contribution < 1.29 is 27.9 Å². The molecule has 10 heteroatoms. The molecule has 1 aliphatic rings. The third-order valence-electron chi connectivity index (χ3n) is 4.50. The minimum Gasteiger partial charge on any atom is -0.481 e. The molecule has 140 valence electrons. The summed E-state index contributed by atoms with van der Waals surface area (Å²) in [5, 5.41) is 11.6. The zero-order chi connectivity index (χ0) is 19.1. The number of rotatable bonds is 3. The summed E-state index contributed by atoms with van der Waals surface area (Å²) in [6.45, 7) is 0.471. The molecule has 26 heavy (non-hydrogen) atoms. The van der Waals surface area contributed by atoms with Gasteiger partial charge in [-0.1, -0.05) is 12.1 Å². The molecule has 0 bridgehead atoms. The fourth-order valence-electron chi connectivity index (χ4n) is 3.07. The number of hydrogen-bond donors (Lipinski definition) is 3. The lowest BCUT2D eigenvalue weighted by Gasteiger charge is -2.20. The van der Waals surface area contributed by atoms with Crippen LogP contribution in [0.5, 0.6) is 0 Å². The predicted octanol–water partition coefficient (Wildman–Crippen LogP) is 2.53. The van der Waals surface area contributed by atoms with Crippen LogP contribution in [0.4, 0.5) is 18.0 Å². The molecule has 2 aromatic rings. The van der Waals surface area contributed by atoms with Gasteiger partial charge in [0.05, 0.1) is 28.9 Å². The van der Waals surface area contributed by atoms with Gasteiger partial charge >= 0.3 is 18.2 Å². The van der Waals surface area contributed by atoms with Gasteiger partial charge in [-0.25, -0.2) is 9.78 Å². The molecular weight excluding hydrogens is 353 g/mol. The van der Waals surface area contributed by atoms with E-state index in [2.05, 4.69) is 15.3 Å². The van der Waals surface area contributed by atoms with Gasteiger partial charge in [0.25, 0.3) is 0 Å². The summed E-state index contributed by atoms with van der Waals surface area (Å²) in [6.07, 6.45) is -4.68. The second kappa shape index (κ2) is 6.50. The topological polar surface area (TPSA) is 98.3 Å². The Bertz CT molecular complexity index is 802. The highest BCUT2D eigenvalue weighted by Crippen LogP contribution is 2.37. The van der Waals surface area contributed by atoms with Crippen molar-refractivity contribution in [3.63, 3.8) is 0 Å². The van der Waals surface area contributed by atoms with Crippen molar-refractivity contribution in [3.8, 4) is 0 Å². The normalized spacial score (nSPS) is 21.8. The first kappa shape index (κ1) is 18.0. The lowest BCUT2D eigenvalue weighted by molar-refractivity contribution is -0.187. The van der Waals surface area contributed by atoms with Gasteiger partial charge in [-0.3, -0.25) is 4.79 Å². The smallest absolute Gasteiger partial charge is 0.394 e. The number of aliphatic carboxylic acids is 1. The first-order valence-electron chi connectivity index (χ1n) is 7.96. The van der Waals surface area contributed by atoms with E-state index in [1.165, 1.54) is 0 Å². The van der Waals surface area contributed by atoms with Gasteiger partial charge in [0.15, 0.2) is 0 Å². The van der Waals surface area contributed by atoms with Crippen LogP contribution in [0.15, 0.2) is 24.3 Å². The Morgan fingerprint density at radius 1 is 1.35 bits per heavy atom. The Morgan fingerprint density at radius 2 is 2.04 bits per heavy atom. The van der Waals surface area contributed by atoms with E-state index in [-0.39, 0.29) is 0 Å². The fourth-order valence-corrected chi connectivity index (χ4v) is 3.07. The SMILES string of the molecule is CC(NC(=O)N1C[C@@H](C(F)(F)F)[C@H](C(=O)O)C1)c1nc2ccccc2[nH]1. The van der Waals surface area contributed by atoms with Crippen LogP contribution in [-0.2, 0) is 4.79 Å². The average molecular weight is 370 g/mol. The number of hydrogen-bond acceptors (Lipinski definition) is 3. The monoisotopic (exact) mass is 370 g/mol. The predicted molar refractivity (Wildman–Crippen MR) is 85.3 cm³/mol. The van der Waals surface area contributed by atoms with Gasteiger partial charge in [-0.2, -0.15) is 13.2 Å². The minimum atomic E-state index is -4.68. The van der Waals surface area contributed by atoms with Crippen molar-refractivity contribution in [1.82, 2.24) is 20.2 Å². The molecule has 7 nitrogen and oxygen atoms in total. The van der Waals surface area contributed by atoms with E-state index < -0.39 is 49.1 Å². The first-order valence-corrected chi connectivity index (χ1v) is 7.96. The molecule has 1 aliphatic heterocycles. The van der Waals surface area contributed by atoms with E-state index in [1.54, 1.807) is 13.0 Å². The van der Waals surface area contributed by atoms with Crippen LogP contribution in [-0.4, -0.2) is 51.2 Å². The van der Waals surface area contributed by atoms with Gasteiger partial charge in [0, 0.05) is 13.1 Å². The average Bonchev–Trinajstić information content (AvgIpc) is 3.18. The van der Waals surface area contributed by atoms with E-state index in [1.807, 2.05) is 18.2 Å². The Labute approximate surface area is 146 Å². The molecule has 2 heterocycles. The number of H-pyrrole nitrogens is 1. The molecule has 3 N–H and O–H groups in total. The summed E-state index contributed by atoms with van der Waals surface area (Å²) in [7, 11) is 0. The number of halogens is 3. The van der Waals surface area contributed by atoms with E-state index in [0.29, 0.717) is 11.3 Å². The number of aromatic amines is 1. The second-order valence-corrected chi connectivity index (χ2v) is 6.31. The maximum Gasteiger partial charge on any atom is 0.394 e.